The minimum atomic E-state index is -1.03. The number of hydrogen-bond acceptors (Lipinski definition) is 7. The first-order valence-electron chi connectivity index (χ1n) is 14.0. The van der Waals surface area contributed by atoms with Gasteiger partial charge in [0.05, 0.1) is 11.5 Å². The number of nitrogens with one attached hydrogen (secondary N) is 1. The van der Waals surface area contributed by atoms with Crippen molar-refractivity contribution in [3.05, 3.63) is 98.2 Å². The molecule has 3 amide bonds. The Kier molecular flexibility index (Phi) is 12.1. The quantitative estimate of drug-likeness (QED) is 0.122. The monoisotopic (exact) mass is 610 g/mol. The fraction of sp³-hybridized carbons (Fsp3) is 0.387. The maximum Gasteiger partial charge on any atom is 0.408 e. The zero-order valence-electron chi connectivity index (χ0n) is 24.6. The van der Waals surface area contributed by atoms with Gasteiger partial charge in [0.25, 0.3) is 5.69 Å². The molecule has 0 unspecified atom stereocenters. The van der Waals surface area contributed by atoms with E-state index >= 15 is 0 Å². The average Bonchev–Trinajstić information content (AvgIpc) is 3.46. The number of ether oxygens (including phenoxy) is 1. The van der Waals surface area contributed by atoms with E-state index in [4.69, 9.17) is 4.74 Å². The minimum Gasteiger partial charge on any atom is -0.465 e. The Bertz CT molecular complexity index is 1340. The van der Waals surface area contributed by atoms with Gasteiger partial charge in [0.2, 0.25) is 5.91 Å². The lowest BCUT2D eigenvalue weighted by atomic mass is 10.1. The van der Waals surface area contributed by atoms with Crippen LogP contribution in [0.15, 0.2) is 72.1 Å². The lowest BCUT2D eigenvalue weighted by Gasteiger charge is -2.29. The molecule has 3 rings (SSSR count). The van der Waals surface area contributed by atoms with Gasteiger partial charge in [0.1, 0.15) is 11.6 Å². The molecule has 230 valence electrons. The van der Waals surface area contributed by atoms with Crippen LogP contribution in [0.2, 0.25) is 0 Å². The van der Waals surface area contributed by atoms with E-state index in [1.165, 1.54) is 28.4 Å². The molecule has 0 aliphatic carbocycles. The van der Waals surface area contributed by atoms with Crippen LogP contribution in [0.25, 0.3) is 0 Å². The summed E-state index contributed by atoms with van der Waals surface area (Å²) in [5.74, 6) is -0.336. The van der Waals surface area contributed by atoms with Crippen molar-refractivity contribution in [2.75, 3.05) is 6.54 Å². The molecule has 0 saturated heterocycles. The third-order valence-electron chi connectivity index (χ3n) is 6.41. The summed E-state index contributed by atoms with van der Waals surface area (Å²) in [7, 11) is 0. The van der Waals surface area contributed by atoms with E-state index in [2.05, 4.69) is 5.32 Å². The van der Waals surface area contributed by atoms with Crippen molar-refractivity contribution in [1.82, 2.24) is 15.1 Å². The van der Waals surface area contributed by atoms with Crippen molar-refractivity contribution in [3.63, 3.8) is 0 Å². The Balaban J connectivity index is 1.75. The highest BCUT2D eigenvalue weighted by Gasteiger charge is 2.29. The molecule has 0 saturated carbocycles. The molecule has 0 fully saturated rings. The Morgan fingerprint density at radius 1 is 0.930 bits per heavy atom. The Morgan fingerprint density at radius 2 is 1.58 bits per heavy atom. The lowest BCUT2D eigenvalue weighted by Crippen LogP contribution is -2.49. The van der Waals surface area contributed by atoms with E-state index in [1.54, 1.807) is 37.8 Å². The molecule has 43 heavy (non-hydrogen) atoms. The van der Waals surface area contributed by atoms with Crippen LogP contribution in [-0.4, -0.2) is 56.1 Å². The zero-order valence-corrected chi connectivity index (χ0v) is 25.4. The molecular formula is C31H38N4O7S. The van der Waals surface area contributed by atoms with Gasteiger partial charge in [-0.05, 0) is 62.6 Å². The van der Waals surface area contributed by atoms with E-state index < -0.39 is 28.8 Å². The van der Waals surface area contributed by atoms with Crippen molar-refractivity contribution >= 4 is 35.1 Å². The van der Waals surface area contributed by atoms with Crippen molar-refractivity contribution in [3.8, 4) is 0 Å². The van der Waals surface area contributed by atoms with Gasteiger partial charge in [-0.2, -0.15) is 0 Å². The van der Waals surface area contributed by atoms with Crippen LogP contribution in [-0.2, 0) is 29.2 Å². The first-order chi connectivity index (χ1) is 20.4. The molecule has 1 aromatic heterocycles. The number of carboxylic acid groups (broad SMARTS) is 1. The fourth-order valence-corrected chi connectivity index (χ4v) is 5.09. The molecule has 1 atom stereocenters. The number of nitro groups is 1. The minimum absolute atomic E-state index is 0.0491. The molecule has 11 nitrogen and oxygen atoms in total. The van der Waals surface area contributed by atoms with Crippen LogP contribution in [0.5, 0.6) is 0 Å². The number of rotatable bonds is 14. The van der Waals surface area contributed by atoms with Crippen LogP contribution in [0.1, 0.15) is 56.0 Å². The average molecular weight is 611 g/mol. The SMILES string of the molecule is CC(C)(C)OC(=O)N[C@@H](CCCCN(Cc1ccccc1)C(=O)O)C(=O)N(Cc1ccc([N+](=O)[O-])cc1)Cc1cccs1. The van der Waals surface area contributed by atoms with Gasteiger partial charge in [0.15, 0.2) is 0 Å². The van der Waals surface area contributed by atoms with Crippen LogP contribution in [0, 0.1) is 10.1 Å². The smallest absolute Gasteiger partial charge is 0.408 e. The molecule has 12 heteroatoms. The fourth-order valence-electron chi connectivity index (χ4n) is 4.37. The Morgan fingerprint density at radius 3 is 2.16 bits per heavy atom. The summed E-state index contributed by atoms with van der Waals surface area (Å²) >= 11 is 1.49. The molecular weight excluding hydrogens is 572 g/mol. The summed E-state index contributed by atoms with van der Waals surface area (Å²) in [5, 5.41) is 25.4. The summed E-state index contributed by atoms with van der Waals surface area (Å²) in [6, 6.07) is 18.2. The van der Waals surface area contributed by atoms with E-state index in [0.717, 1.165) is 10.4 Å². The Labute approximate surface area is 255 Å². The number of carbonyl (C=O) groups is 3. The molecule has 2 N–H and O–H groups in total. The molecule has 3 aromatic rings. The Hall–Kier alpha value is -4.45. The van der Waals surface area contributed by atoms with Crippen molar-refractivity contribution in [2.24, 2.45) is 0 Å². The van der Waals surface area contributed by atoms with Crippen molar-refractivity contribution in [2.45, 2.75) is 71.3 Å². The second kappa shape index (κ2) is 15.7. The highest BCUT2D eigenvalue weighted by atomic mass is 32.1. The number of nitrogens with zero attached hydrogens (tertiary/aromatic N) is 3. The number of benzene rings is 2. The zero-order chi connectivity index (χ0) is 31.4. The molecule has 0 radical (unpaired) electrons. The van der Waals surface area contributed by atoms with E-state index in [9.17, 15) is 29.6 Å². The normalized spacial score (nSPS) is 11.8. The number of hydrogen-bond donors (Lipinski definition) is 2. The standard InChI is InChI=1S/C31H38N4O7S/c1-31(2,3)42-29(37)32-27(13-7-8-18-33(30(38)39)20-23-10-5-4-6-11-23)28(36)34(22-26-12-9-19-43-26)21-24-14-16-25(17-15-24)35(40)41/h4-6,9-12,14-17,19,27H,7-8,13,18,20-22H2,1-3H3,(H,32,37)(H,38,39)/t27-/m0/s1. The maximum absolute atomic E-state index is 14.0. The number of carbonyl (C=O) groups excluding carboxylic acids is 2. The van der Waals surface area contributed by atoms with Gasteiger partial charge < -0.3 is 25.0 Å². The van der Waals surface area contributed by atoms with Crippen LogP contribution >= 0.6 is 11.3 Å². The predicted molar refractivity (Wildman–Crippen MR) is 164 cm³/mol. The topological polar surface area (TPSA) is 142 Å². The van der Waals surface area contributed by atoms with Gasteiger partial charge in [-0.1, -0.05) is 48.5 Å². The number of unbranched alkanes of at least 4 members (excludes halogenated alkanes) is 1. The van der Waals surface area contributed by atoms with E-state index in [-0.39, 0.29) is 44.2 Å². The number of amides is 3. The summed E-state index contributed by atoms with van der Waals surface area (Å²) in [4.78, 5) is 53.1. The molecule has 0 spiro atoms. The van der Waals surface area contributed by atoms with Crippen LogP contribution < -0.4 is 5.32 Å². The first-order valence-corrected chi connectivity index (χ1v) is 14.8. The van der Waals surface area contributed by atoms with Gasteiger partial charge >= 0.3 is 12.2 Å². The third kappa shape index (κ3) is 11.4. The van der Waals surface area contributed by atoms with Crippen LogP contribution in [0.4, 0.5) is 15.3 Å². The number of thiophene rings is 1. The van der Waals surface area contributed by atoms with Gasteiger partial charge in [0, 0.05) is 36.6 Å². The van der Waals surface area contributed by atoms with Gasteiger partial charge in [-0.25, -0.2) is 9.59 Å². The van der Waals surface area contributed by atoms with Gasteiger partial charge in [-0.15, -0.1) is 11.3 Å². The second-order valence-electron chi connectivity index (χ2n) is 11.1. The first kappa shape index (κ1) is 33.1. The largest absolute Gasteiger partial charge is 0.465 e. The van der Waals surface area contributed by atoms with Crippen molar-refractivity contribution in [1.29, 1.82) is 0 Å². The molecule has 0 aliphatic heterocycles. The van der Waals surface area contributed by atoms with Crippen LogP contribution in [0.3, 0.4) is 0 Å². The molecule has 0 aliphatic rings. The molecule has 1 heterocycles. The lowest BCUT2D eigenvalue weighted by molar-refractivity contribution is -0.384. The summed E-state index contributed by atoms with van der Waals surface area (Å²) < 4.78 is 5.43. The van der Waals surface area contributed by atoms with E-state index in [1.807, 2.05) is 47.8 Å². The molecule has 2 aromatic carbocycles. The third-order valence-corrected chi connectivity index (χ3v) is 7.27. The summed E-state index contributed by atoms with van der Waals surface area (Å²) in [6.45, 7) is 6.16. The predicted octanol–water partition coefficient (Wildman–Crippen LogP) is 6.43. The van der Waals surface area contributed by atoms with Gasteiger partial charge in [-0.3, -0.25) is 14.9 Å². The summed E-state index contributed by atoms with van der Waals surface area (Å²) in [5.41, 5.74) is 0.753. The number of non-ortho nitro benzene ring substituents is 1. The van der Waals surface area contributed by atoms with E-state index in [0.29, 0.717) is 18.4 Å². The molecule has 0 bridgehead atoms. The summed E-state index contributed by atoms with van der Waals surface area (Å²) in [6.07, 6.45) is -0.554. The maximum atomic E-state index is 14.0. The highest BCUT2D eigenvalue weighted by Crippen LogP contribution is 2.20. The number of alkyl carbamates (subject to hydrolysis) is 1. The highest BCUT2D eigenvalue weighted by molar-refractivity contribution is 7.09. The number of nitro benzene ring substituents is 1. The van der Waals surface area contributed by atoms with Crippen molar-refractivity contribution < 1.29 is 29.2 Å². The second-order valence-corrected chi connectivity index (χ2v) is 12.1.